The number of nitrogens with zero attached hydrogens (tertiary/aromatic N) is 5. The largest absolute Gasteiger partial charge is 0.416 e. The maximum Gasteiger partial charge on any atom is 0.416 e. The number of halogens is 3. The molecule has 2 fully saturated rings. The van der Waals surface area contributed by atoms with Crippen LogP contribution in [0.4, 0.5) is 36.2 Å². The Morgan fingerprint density at radius 3 is 2.46 bits per heavy atom. The Bertz CT molecular complexity index is 1330. The predicted molar refractivity (Wildman–Crippen MR) is 149 cm³/mol. The van der Waals surface area contributed by atoms with Crippen LogP contribution in [-0.2, 0) is 6.18 Å². The molecular formula is C28H33F3N8. The maximum atomic E-state index is 13.8. The molecule has 4 heterocycles. The maximum absolute atomic E-state index is 13.8. The number of nitrogens with one attached hydrogen (secondary N) is 1. The van der Waals surface area contributed by atoms with Crippen LogP contribution in [0.2, 0.25) is 0 Å². The molecule has 8 nitrogen and oxygen atoms in total. The molecule has 2 aliphatic rings. The van der Waals surface area contributed by atoms with Crippen molar-refractivity contribution in [1.82, 2.24) is 15.0 Å². The highest BCUT2D eigenvalue weighted by Crippen LogP contribution is 2.37. The molecular weight excluding hydrogens is 505 g/mol. The summed E-state index contributed by atoms with van der Waals surface area (Å²) in [5.74, 6) is 0.692. The second-order valence-corrected chi connectivity index (χ2v) is 10.1. The summed E-state index contributed by atoms with van der Waals surface area (Å²) in [6.07, 6.45) is 3.30. The van der Waals surface area contributed by atoms with Crippen LogP contribution in [0.25, 0.3) is 17.0 Å². The number of alkyl halides is 3. The van der Waals surface area contributed by atoms with E-state index in [0.717, 1.165) is 70.0 Å². The SMILES string of the molecule is C=C(Nc1ncccc1N1CCC(N)CC1)c1nc(-c2cc(N3CCCCC3)cc(C(F)(F)F)c2)cnc1N. The summed E-state index contributed by atoms with van der Waals surface area (Å²) < 4.78 is 41.5. The summed E-state index contributed by atoms with van der Waals surface area (Å²) in [7, 11) is 0. The zero-order chi connectivity index (χ0) is 27.6. The Morgan fingerprint density at radius 2 is 1.74 bits per heavy atom. The summed E-state index contributed by atoms with van der Waals surface area (Å²) in [6, 6.07) is 8.06. The highest BCUT2D eigenvalue weighted by atomic mass is 19.4. The lowest BCUT2D eigenvalue weighted by atomic mass is 10.0. The van der Waals surface area contributed by atoms with Crippen molar-refractivity contribution in [3.05, 3.63) is 60.6 Å². The second-order valence-electron chi connectivity index (χ2n) is 10.1. The number of aromatic nitrogens is 3. The smallest absolute Gasteiger partial charge is 0.382 e. The molecule has 0 spiro atoms. The summed E-state index contributed by atoms with van der Waals surface area (Å²) in [5, 5.41) is 3.20. The van der Waals surface area contributed by atoms with Crippen molar-refractivity contribution in [2.75, 3.05) is 47.0 Å². The minimum atomic E-state index is -4.50. The van der Waals surface area contributed by atoms with Crippen LogP contribution in [0.15, 0.2) is 49.3 Å². The normalized spacial score (nSPS) is 16.8. The number of hydrogen-bond acceptors (Lipinski definition) is 8. The number of nitrogens with two attached hydrogens (primary N) is 2. The summed E-state index contributed by atoms with van der Waals surface area (Å²) >= 11 is 0. The van der Waals surface area contributed by atoms with E-state index in [4.69, 9.17) is 11.5 Å². The van der Waals surface area contributed by atoms with E-state index in [-0.39, 0.29) is 23.2 Å². The van der Waals surface area contributed by atoms with Gasteiger partial charge in [0.15, 0.2) is 11.6 Å². The van der Waals surface area contributed by atoms with E-state index in [1.165, 1.54) is 12.3 Å². The van der Waals surface area contributed by atoms with E-state index in [2.05, 4.69) is 31.7 Å². The monoisotopic (exact) mass is 538 g/mol. The second kappa shape index (κ2) is 11.1. The van der Waals surface area contributed by atoms with Crippen molar-refractivity contribution in [2.24, 2.45) is 5.73 Å². The van der Waals surface area contributed by atoms with E-state index in [9.17, 15) is 13.2 Å². The molecule has 5 rings (SSSR count). The first-order chi connectivity index (χ1) is 18.7. The van der Waals surface area contributed by atoms with Crippen LogP contribution in [0.1, 0.15) is 43.4 Å². The first-order valence-corrected chi connectivity index (χ1v) is 13.2. The molecule has 0 radical (unpaired) electrons. The highest BCUT2D eigenvalue weighted by molar-refractivity contribution is 5.82. The Balaban J connectivity index is 1.45. The molecule has 0 atom stereocenters. The van der Waals surface area contributed by atoms with E-state index < -0.39 is 11.7 Å². The van der Waals surface area contributed by atoms with E-state index in [1.54, 1.807) is 12.3 Å². The van der Waals surface area contributed by atoms with Crippen LogP contribution in [0.5, 0.6) is 0 Å². The van der Waals surface area contributed by atoms with Crippen LogP contribution < -0.4 is 26.6 Å². The Labute approximate surface area is 225 Å². The minimum absolute atomic E-state index is 0.112. The molecule has 2 saturated heterocycles. The zero-order valence-corrected chi connectivity index (χ0v) is 21.7. The van der Waals surface area contributed by atoms with Gasteiger partial charge in [-0.25, -0.2) is 15.0 Å². The van der Waals surface area contributed by atoms with Gasteiger partial charge in [-0.15, -0.1) is 0 Å². The molecule has 0 unspecified atom stereocenters. The summed E-state index contributed by atoms with van der Waals surface area (Å²) in [5.41, 5.74) is 14.1. The van der Waals surface area contributed by atoms with Crippen molar-refractivity contribution in [2.45, 2.75) is 44.3 Å². The molecule has 3 aromatic rings. The predicted octanol–water partition coefficient (Wildman–Crippen LogP) is 5.14. The lowest BCUT2D eigenvalue weighted by Crippen LogP contribution is -2.40. The Morgan fingerprint density at radius 1 is 1.00 bits per heavy atom. The van der Waals surface area contributed by atoms with Gasteiger partial charge in [0.05, 0.1) is 28.8 Å². The number of piperidine rings is 2. The molecule has 5 N–H and O–H groups in total. The number of rotatable bonds is 6. The van der Waals surface area contributed by atoms with Crippen LogP contribution >= 0.6 is 0 Å². The number of nitrogen functional groups attached to an aromatic ring is 1. The van der Waals surface area contributed by atoms with Gasteiger partial charge in [-0.05, 0) is 62.4 Å². The number of anilines is 4. The molecule has 2 aliphatic heterocycles. The van der Waals surface area contributed by atoms with Gasteiger partial charge in [0, 0.05) is 49.7 Å². The van der Waals surface area contributed by atoms with Gasteiger partial charge in [0.25, 0.3) is 0 Å². The van der Waals surface area contributed by atoms with Crippen molar-refractivity contribution in [1.29, 1.82) is 0 Å². The third-order valence-electron chi connectivity index (χ3n) is 7.28. The fourth-order valence-corrected chi connectivity index (χ4v) is 5.11. The number of pyridine rings is 1. The average molecular weight is 539 g/mol. The average Bonchev–Trinajstić information content (AvgIpc) is 2.94. The molecule has 0 bridgehead atoms. The van der Waals surface area contributed by atoms with Crippen molar-refractivity contribution < 1.29 is 13.2 Å². The Kier molecular flexibility index (Phi) is 7.60. The summed E-state index contributed by atoms with van der Waals surface area (Å²) in [4.78, 5) is 17.5. The molecule has 0 saturated carbocycles. The van der Waals surface area contributed by atoms with Gasteiger partial charge in [0.1, 0.15) is 5.69 Å². The van der Waals surface area contributed by atoms with Crippen LogP contribution in [-0.4, -0.2) is 47.2 Å². The van der Waals surface area contributed by atoms with Crippen molar-refractivity contribution in [3.8, 4) is 11.3 Å². The molecule has 2 aromatic heterocycles. The third kappa shape index (κ3) is 6.08. The van der Waals surface area contributed by atoms with Crippen molar-refractivity contribution in [3.63, 3.8) is 0 Å². The minimum Gasteiger partial charge on any atom is -0.382 e. The van der Waals surface area contributed by atoms with E-state index in [1.807, 2.05) is 17.0 Å². The van der Waals surface area contributed by atoms with Gasteiger partial charge in [0.2, 0.25) is 0 Å². The van der Waals surface area contributed by atoms with Crippen LogP contribution in [0, 0.1) is 0 Å². The molecule has 0 amide bonds. The standard InChI is InChI=1S/C28H33F3N8/c1-18(36-27-24(6-5-9-34-27)39-12-7-21(32)8-13-39)25-26(33)35-17-23(37-25)19-14-20(28(29,30)31)16-22(15-19)38-10-3-2-4-11-38/h5-6,9,14-17,21H,1-4,7-8,10-13,32H2,(H2,33,35)(H,34,36). The van der Waals surface area contributed by atoms with E-state index in [0.29, 0.717) is 22.8 Å². The molecule has 0 aliphatic carbocycles. The quantitative estimate of drug-likeness (QED) is 0.396. The van der Waals surface area contributed by atoms with Gasteiger partial charge in [-0.3, -0.25) is 0 Å². The number of benzene rings is 1. The van der Waals surface area contributed by atoms with Gasteiger partial charge in [-0.2, -0.15) is 13.2 Å². The molecule has 1 aromatic carbocycles. The molecule has 11 heteroatoms. The summed E-state index contributed by atoms with van der Waals surface area (Å²) in [6.45, 7) is 7.15. The van der Waals surface area contributed by atoms with Crippen LogP contribution in [0.3, 0.4) is 0 Å². The van der Waals surface area contributed by atoms with Crippen molar-refractivity contribution >= 4 is 28.7 Å². The van der Waals surface area contributed by atoms with Gasteiger partial charge in [-0.1, -0.05) is 6.58 Å². The van der Waals surface area contributed by atoms with Gasteiger partial charge >= 0.3 is 6.18 Å². The zero-order valence-electron chi connectivity index (χ0n) is 21.7. The lowest BCUT2D eigenvalue weighted by Gasteiger charge is -2.33. The first-order valence-electron chi connectivity index (χ1n) is 13.2. The first kappa shape index (κ1) is 26.7. The number of hydrogen-bond donors (Lipinski definition) is 3. The molecule has 206 valence electrons. The van der Waals surface area contributed by atoms with E-state index >= 15 is 0 Å². The lowest BCUT2D eigenvalue weighted by molar-refractivity contribution is -0.137. The fraction of sp³-hybridized carbons (Fsp3) is 0.393. The fourth-order valence-electron chi connectivity index (χ4n) is 5.11. The third-order valence-corrected chi connectivity index (χ3v) is 7.28. The Hall–Kier alpha value is -3.86. The van der Waals surface area contributed by atoms with Gasteiger partial charge < -0.3 is 26.6 Å². The topological polar surface area (TPSA) is 109 Å². The molecule has 39 heavy (non-hydrogen) atoms. The highest BCUT2D eigenvalue weighted by Gasteiger charge is 2.32.